The first-order valence-electron chi connectivity index (χ1n) is 8.34. The Bertz CT molecular complexity index is 1220. The van der Waals surface area contributed by atoms with Gasteiger partial charge in [-0.2, -0.15) is 0 Å². The van der Waals surface area contributed by atoms with Crippen molar-refractivity contribution < 1.29 is 9.21 Å². The second kappa shape index (κ2) is 7.47. The molecular weight excluding hydrogens is 419 g/mol. The molecule has 0 bridgehead atoms. The van der Waals surface area contributed by atoms with Crippen LogP contribution < -0.4 is 5.32 Å². The van der Waals surface area contributed by atoms with Gasteiger partial charge in [-0.15, -0.1) is 0 Å². The molecule has 140 valence electrons. The number of hydrogen-bond acceptors (Lipinski definition) is 3. The number of benzene rings is 3. The summed E-state index contributed by atoms with van der Waals surface area (Å²) in [6, 6.07) is 15.6. The third-order valence-corrected chi connectivity index (χ3v) is 5.07. The molecule has 4 nitrogen and oxygen atoms in total. The predicted molar refractivity (Wildman–Crippen MR) is 114 cm³/mol. The molecule has 7 heteroatoms. The number of rotatable bonds is 3. The molecule has 0 aliphatic rings. The lowest BCUT2D eigenvalue weighted by atomic mass is 10.1. The van der Waals surface area contributed by atoms with Crippen LogP contribution in [0.3, 0.4) is 0 Å². The molecular formula is C21H13Cl3N2O2. The number of oxazole rings is 1. The van der Waals surface area contributed by atoms with Gasteiger partial charge in [0.2, 0.25) is 5.89 Å². The van der Waals surface area contributed by atoms with Gasteiger partial charge in [0.05, 0.1) is 21.3 Å². The summed E-state index contributed by atoms with van der Waals surface area (Å²) in [5.74, 6) is 0.0216. The quantitative estimate of drug-likeness (QED) is 0.379. The van der Waals surface area contributed by atoms with Gasteiger partial charge in [-0.05, 0) is 61.0 Å². The molecule has 0 fully saturated rings. The van der Waals surface area contributed by atoms with E-state index in [1.807, 2.05) is 25.1 Å². The number of aryl methyl sites for hydroxylation is 1. The van der Waals surface area contributed by atoms with Crippen LogP contribution in [-0.2, 0) is 0 Å². The van der Waals surface area contributed by atoms with Gasteiger partial charge in [-0.3, -0.25) is 4.79 Å². The Kier molecular flexibility index (Phi) is 5.02. The van der Waals surface area contributed by atoms with E-state index in [0.717, 1.165) is 11.1 Å². The molecule has 4 rings (SSSR count). The van der Waals surface area contributed by atoms with Crippen LogP contribution in [0.15, 0.2) is 59.0 Å². The highest BCUT2D eigenvalue weighted by Crippen LogP contribution is 2.31. The normalized spacial score (nSPS) is 11.0. The van der Waals surface area contributed by atoms with Crippen molar-refractivity contribution in [2.24, 2.45) is 0 Å². The number of aromatic nitrogens is 1. The number of fused-ring (bicyclic) bond motifs is 1. The fourth-order valence-electron chi connectivity index (χ4n) is 2.77. The van der Waals surface area contributed by atoms with E-state index in [-0.39, 0.29) is 5.56 Å². The molecule has 0 saturated heterocycles. The molecule has 0 atom stereocenters. The average molecular weight is 432 g/mol. The Balaban J connectivity index is 1.68. The maximum absolute atomic E-state index is 12.6. The summed E-state index contributed by atoms with van der Waals surface area (Å²) in [4.78, 5) is 17.1. The molecule has 1 N–H and O–H groups in total. The molecule has 28 heavy (non-hydrogen) atoms. The number of halogens is 3. The zero-order valence-corrected chi connectivity index (χ0v) is 16.9. The van der Waals surface area contributed by atoms with Crippen molar-refractivity contribution >= 4 is 57.5 Å². The number of hydrogen-bond donors (Lipinski definition) is 1. The van der Waals surface area contributed by atoms with Crippen molar-refractivity contribution in [3.05, 3.63) is 80.8 Å². The van der Waals surface area contributed by atoms with Crippen LogP contribution in [0.2, 0.25) is 15.1 Å². The number of carbonyl (C=O) groups excluding carboxylic acids is 1. The van der Waals surface area contributed by atoms with E-state index in [9.17, 15) is 4.79 Å². The van der Waals surface area contributed by atoms with Crippen molar-refractivity contribution in [1.29, 1.82) is 0 Å². The Morgan fingerprint density at radius 2 is 1.75 bits per heavy atom. The van der Waals surface area contributed by atoms with Crippen LogP contribution in [0.1, 0.15) is 15.9 Å². The topological polar surface area (TPSA) is 55.1 Å². The van der Waals surface area contributed by atoms with E-state index in [1.165, 1.54) is 6.07 Å². The number of nitrogens with one attached hydrogen (secondary N) is 1. The van der Waals surface area contributed by atoms with E-state index in [4.69, 9.17) is 39.2 Å². The highest BCUT2D eigenvalue weighted by Gasteiger charge is 2.15. The lowest BCUT2D eigenvalue weighted by molar-refractivity contribution is 0.102. The van der Waals surface area contributed by atoms with Crippen molar-refractivity contribution in [2.45, 2.75) is 6.92 Å². The van der Waals surface area contributed by atoms with E-state index >= 15 is 0 Å². The van der Waals surface area contributed by atoms with Gasteiger partial charge in [0.25, 0.3) is 5.91 Å². The molecule has 0 saturated carbocycles. The number of amides is 1. The minimum absolute atomic E-state index is 0.257. The number of carbonyl (C=O) groups is 1. The molecule has 0 radical (unpaired) electrons. The zero-order valence-electron chi connectivity index (χ0n) is 14.6. The largest absolute Gasteiger partial charge is 0.436 e. The van der Waals surface area contributed by atoms with E-state index in [0.29, 0.717) is 37.8 Å². The van der Waals surface area contributed by atoms with Crippen molar-refractivity contribution in [3.8, 4) is 11.5 Å². The van der Waals surface area contributed by atoms with Crippen molar-refractivity contribution in [2.75, 3.05) is 5.32 Å². The van der Waals surface area contributed by atoms with Crippen LogP contribution in [0.4, 0.5) is 5.69 Å². The maximum atomic E-state index is 12.6. The fraction of sp³-hybridized carbons (Fsp3) is 0.0476. The Labute approximate surface area is 176 Å². The van der Waals surface area contributed by atoms with E-state index in [2.05, 4.69) is 10.3 Å². The third kappa shape index (κ3) is 3.72. The lowest BCUT2D eigenvalue weighted by Gasteiger charge is -2.10. The van der Waals surface area contributed by atoms with Gasteiger partial charge in [0, 0.05) is 10.6 Å². The van der Waals surface area contributed by atoms with Crippen LogP contribution in [-0.4, -0.2) is 10.9 Å². The van der Waals surface area contributed by atoms with Gasteiger partial charge in [0.1, 0.15) is 5.52 Å². The van der Waals surface area contributed by atoms with Gasteiger partial charge in [-0.1, -0.05) is 40.9 Å². The highest BCUT2D eigenvalue weighted by atomic mass is 35.5. The zero-order chi connectivity index (χ0) is 19.8. The lowest BCUT2D eigenvalue weighted by Crippen LogP contribution is -2.13. The predicted octanol–water partition coefficient (Wildman–Crippen LogP) is 7.02. The van der Waals surface area contributed by atoms with Gasteiger partial charge in [0.15, 0.2) is 5.58 Å². The standard InChI is InChI=1S/C21H13Cl3N2O2/c1-11-2-7-17-19(8-11)28-21(26-17)12-3-5-16(24)18(9-12)25-20(27)14-10-13(22)4-6-15(14)23/h2-10H,1H3,(H,25,27). The number of nitrogens with zero attached hydrogens (tertiary/aromatic N) is 1. The summed E-state index contributed by atoms with van der Waals surface area (Å²) in [5.41, 5.74) is 3.89. The van der Waals surface area contributed by atoms with Gasteiger partial charge in [-0.25, -0.2) is 4.98 Å². The first-order chi connectivity index (χ1) is 13.4. The third-order valence-electron chi connectivity index (χ3n) is 4.18. The van der Waals surface area contributed by atoms with Crippen LogP contribution in [0.25, 0.3) is 22.6 Å². The fourth-order valence-corrected chi connectivity index (χ4v) is 3.31. The summed E-state index contributed by atoms with van der Waals surface area (Å²) in [7, 11) is 0. The van der Waals surface area contributed by atoms with Crippen LogP contribution in [0.5, 0.6) is 0 Å². The monoisotopic (exact) mass is 430 g/mol. The Morgan fingerprint density at radius 3 is 2.57 bits per heavy atom. The second-order valence-corrected chi connectivity index (χ2v) is 7.51. The van der Waals surface area contributed by atoms with Crippen molar-refractivity contribution in [1.82, 2.24) is 4.98 Å². The molecule has 0 aliphatic heterocycles. The van der Waals surface area contributed by atoms with Crippen molar-refractivity contribution in [3.63, 3.8) is 0 Å². The van der Waals surface area contributed by atoms with Crippen LogP contribution >= 0.6 is 34.8 Å². The molecule has 0 unspecified atom stereocenters. The van der Waals surface area contributed by atoms with E-state index < -0.39 is 5.91 Å². The smallest absolute Gasteiger partial charge is 0.257 e. The average Bonchev–Trinajstić information content (AvgIpc) is 3.08. The molecule has 0 aliphatic carbocycles. The Hall–Kier alpha value is -2.53. The highest BCUT2D eigenvalue weighted by molar-refractivity contribution is 6.37. The second-order valence-electron chi connectivity index (χ2n) is 6.26. The summed E-state index contributed by atoms with van der Waals surface area (Å²) in [5, 5.41) is 3.85. The summed E-state index contributed by atoms with van der Waals surface area (Å²) < 4.78 is 5.85. The van der Waals surface area contributed by atoms with Gasteiger partial charge < -0.3 is 9.73 Å². The van der Waals surface area contributed by atoms with Crippen LogP contribution in [0, 0.1) is 6.92 Å². The minimum Gasteiger partial charge on any atom is -0.436 e. The SMILES string of the molecule is Cc1ccc2nc(-c3ccc(Cl)c(NC(=O)c4cc(Cl)ccc4Cl)c3)oc2c1. The summed E-state index contributed by atoms with van der Waals surface area (Å²) in [6.45, 7) is 1.98. The Morgan fingerprint density at radius 1 is 0.964 bits per heavy atom. The maximum Gasteiger partial charge on any atom is 0.257 e. The first-order valence-corrected chi connectivity index (χ1v) is 9.47. The first kappa shape index (κ1) is 18.8. The molecule has 1 heterocycles. The molecule has 0 spiro atoms. The summed E-state index contributed by atoms with van der Waals surface area (Å²) in [6.07, 6.45) is 0. The minimum atomic E-state index is -0.417. The molecule has 1 aromatic heterocycles. The summed E-state index contributed by atoms with van der Waals surface area (Å²) >= 11 is 18.3. The molecule has 3 aromatic carbocycles. The molecule has 4 aromatic rings. The molecule has 1 amide bonds. The number of anilines is 1. The van der Waals surface area contributed by atoms with E-state index in [1.54, 1.807) is 30.3 Å². The van der Waals surface area contributed by atoms with Gasteiger partial charge >= 0.3 is 0 Å².